The van der Waals surface area contributed by atoms with Gasteiger partial charge in [0.2, 0.25) is 0 Å². The second-order valence-electron chi connectivity index (χ2n) is 4.78. The molecule has 1 aromatic rings. The van der Waals surface area contributed by atoms with Crippen molar-refractivity contribution in [2.45, 2.75) is 38.8 Å². The van der Waals surface area contributed by atoms with Crippen LogP contribution in [0.3, 0.4) is 0 Å². The number of benzene rings is 1. The molecule has 17 heavy (non-hydrogen) atoms. The van der Waals surface area contributed by atoms with Crippen molar-refractivity contribution in [1.29, 1.82) is 0 Å². The maximum atomic E-state index is 11.4. The summed E-state index contributed by atoms with van der Waals surface area (Å²) in [7, 11) is 0. The Morgan fingerprint density at radius 1 is 1.53 bits per heavy atom. The first-order valence-electron chi connectivity index (χ1n) is 5.53. The van der Waals surface area contributed by atoms with E-state index in [9.17, 15) is 4.79 Å². The van der Waals surface area contributed by atoms with Gasteiger partial charge in [-0.2, -0.15) is 0 Å². The Labute approximate surface area is 107 Å². The van der Waals surface area contributed by atoms with Crippen molar-refractivity contribution in [1.82, 2.24) is 0 Å². The Morgan fingerprint density at radius 2 is 2.18 bits per heavy atom. The van der Waals surface area contributed by atoms with Gasteiger partial charge in [-0.25, -0.2) is 0 Å². The van der Waals surface area contributed by atoms with Gasteiger partial charge in [-0.3, -0.25) is 4.79 Å². The monoisotopic (exact) mass is 255 g/mol. The number of nitrogens with two attached hydrogens (primary N) is 1. The van der Waals surface area contributed by atoms with E-state index in [4.69, 9.17) is 22.1 Å². The van der Waals surface area contributed by atoms with Gasteiger partial charge >= 0.3 is 5.97 Å². The van der Waals surface area contributed by atoms with E-state index in [2.05, 4.69) is 0 Å². The molecule has 0 saturated heterocycles. The van der Waals surface area contributed by atoms with Crippen LogP contribution in [0.4, 0.5) is 0 Å². The van der Waals surface area contributed by atoms with E-state index in [1.165, 1.54) is 0 Å². The van der Waals surface area contributed by atoms with E-state index < -0.39 is 17.6 Å². The molecule has 1 unspecified atom stereocenters. The molecular formula is C13H18ClNO2. The predicted molar refractivity (Wildman–Crippen MR) is 69.0 cm³/mol. The molecule has 0 aliphatic rings. The minimum Gasteiger partial charge on any atom is -0.458 e. The van der Waals surface area contributed by atoms with Gasteiger partial charge in [0.25, 0.3) is 0 Å². The fourth-order valence-corrected chi connectivity index (χ4v) is 1.75. The van der Waals surface area contributed by atoms with E-state index in [-0.39, 0.29) is 0 Å². The smallest absolute Gasteiger partial charge is 0.323 e. The Hall–Kier alpha value is -1.06. The first kappa shape index (κ1) is 14.0. The van der Waals surface area contributed by atoms with Gasteiger partial charge < -0.3 is 10.5 Å². The maximum absolute atomic E-state index is 11.4. The van der Waals surface area contributed by atoms with Crippen LogP contribution >= 0.6 is 11.6 Å². The summed E-state index contributed by atoms with van der Waals surface area (Å²) in [5.74, 6) is -0.392. The third-order valence-corrected chi connectivity index (χ3v) is 2.50. The highest BCUT2D eigenvalue weighted by molar-refractivity contribution is 6.30. The van der Waals surface area contributed by atoms with E-state index in [1.807, 2.05) is 38.1 Å². The average Bonchev–Trinajstić information content (AvgIpc) is 2.15. The number of rotatable bonds is 4. The Balaban J connectivity index is 2.69. The van der Waals surface area contributed by atoms with Crippen LogP contribution in [0.5, 0.6) is 0 Å². The van der Waals surface area contributed by atoms with Crippen LogP contribution in [-0.2, 0) is 16.0 Å². The van der Waals surface area contributed by atoms with Gasteiger partial charge in [-0.15, -0.1) is 0 Å². The highest BCUT2D eigenvalue weighted by atomic mass is 35.5. The molecule has 2 N–H and O–H groups in total. The summed E-state index contributed by atoms with van der Waals surface area (Å²) < 4.78 is 5.34. The first-order chi connectivity index (χ1) is 7.80. The summed E-state index contributed by atoms with van der Waals surface area (Å²) in [6.07, 6.45) is 0.603. The van der Waals surface area contributed by atoms with Crippen molar-refractivity contribution in [3.05, 3.63) is 34.9 Å². The van der Waals surface area contributed by atoms with Crippen molar-refractivity contribution < 1.29 is 9.53 Å². The molecule has 4 heteroatoms. The molecule has 0 aliphatic heterocycles. The SMILES string of the molecule is CC(N)C(=O)OC(C)(C)Cc1cccc(Cl)c1. The number of hydrogen-bond donors (Lipinski definition) is 1. The molecule has 0 saturated carbocycles. The Kier molecular flexibility index (Phi) is 4.54. The van der Waals surface area contributed by atoms with Crippen LogP contribution in [0.25, 0.3) is 0 Å². The number of halogens is 1. The van der Waals surface area contributed by atoms with Crippen molar-refractivity contribution >= 4 is 17.6 Å². The van der Waals surface area contributed by atoms with Gasteiger partial charge in [0.05, 0.1) is 0 Å². The van der Waals surface area contributed by atoms with E-state index in [0.29, 0.717) is 11.4 Å². The highest BCUT2D eigenvalue weighted by Crippen LogP contribution is 2.20. The molecule has 94 valence electrons. The van der Waals surface area contributed by atoms with Gasteiger partial charge in [0.1, 0.15) is 11.6 Å². The minimum absolute atomic E-state index is 0.392. The number of ether oxygens (including phenoxy) is 1. The third kappa shape index (κ3) is 4.75. The van der Waals surface area contributed by atoms with E-state index in [0.717, 1.165) is 5.56 Å². The molecule has 1 atom stereocenters. The fourth-order valence-electron chi connectivity index (χ4n) is 1.54. The van der Waals surface area contributed by atoms with Crippen LogP contribution < -0.4 is 5.73 Å². The molecule has 1 rings (SSSR count). The molecule has 0 heterocycles. The van der Waals surface area contributed by atoms with Gasteiger partial charge in [0.15, 0.2) is 0 Å². The van der Waals surface area contributed by atoms with Crippen LogP contribution in [0.15, 0.2) is 24.3 Å². The molecule has 0 spiro atoms. The second-order valence-corrected chi connectivity index (χ2v) is 5.21. The predicted octanol–water partition coefficient (Wildman–Crippen LogP) is 2.55. The summed E-state index contributed by atoms with van der Waals surface area (Å²) in [5.41, 5.74) is 5.90. The molecule has 0 fully saturated rings. The highest BCUT2D eigenvalue weighted by Gasteiger charge is 2.25. The average molecular weight is 256 g/mol. The number of carbonyl (C=O) groups excluding carboxylic acids is 1. The van der Waals surface area contributed by atoms with Crippen LogP contribution in [0.1, 0.15) is 26.3 Å². The molecule has 0 radical (unpaired) electrons. The van der Waals surface area contributed by atoms with Crippen LogP contribution in [0.2, 0.25) is 5.02 Å². The lowest BCUT2D eigenvalue weighted by Crippen LogP contribution is -2.38. The zero-order valence-corrected chi connectivity index (χ0v) is 11.1. The fraction of sp³-hybridized carbons (Fsp3) is 0.462. The lowest BCUT2D eigenvalue weighted by atomic mass is 9.98. The summed E-state index contributed by atoms with van der Waals surface area (Å²) in [5, 5.41) is 0.678. The molecule has 1 aromatic carbocycles. The zero-order valence-electron chi connectivity index (χ0n) is 10.4. The van der Waals surface area contributed by atoms with Gasteiger partial charge in [-0.05, 0) is 38.5 Å². The third-order valence-electron chi connectivity index (χ3n) is 2.27. The number of esters is 1. The van der Waals surface area contributed by atoms with Crippen LogP contribution in [-0.4, -0.2) is 17.6 Å². The standard InChI is InChI=1S/C13H18ClNO2/c1-9(15)12(16)17-13(2,3)8-10-5-4-6-11(14)7-10/h4-7,9H,8,15H2,1-3H3. The van der Waals surface area contributed by atoms with Crippen molar-refractivity contribution in [2.24, 2.45) is 5.73 Å². The molecule has 0 bridgehead atoms. The quantitative estimate of drug-likeness (QED) is 0.842. The van der Waals surface area contributed by atoms with Crippen molar-refractivity contribution in [2.75, 3.05) is 0 Å². The minimum atomic E-state index is -0.603. The largest absolute Gasteiger partial charge is 0.458 e. The molecule has 3 nitrogen and oxygen atoms in total. The zero-order chi connectivity index (χ0) is 13.1. The number of hydrogen-bond acceptors (Lipinski definition) is 3. The molecule has 0 aliphatic carbocycles. The Morgan fingerprint density at radius 3 is 2.71 bits per heavy atom. The molecule has 0 aromatic heterocycles. The number of carbonyl (C=O) groups is 1. The first-order valence-corrected chi connectivity index (χ1v) is 5.91. The second kappa shape index (κ2) is 5.52. The summed E-state index contributed by atoms with van der Waals surface area (Å²) in [4.78, 5) is 11.4. The van der Waals surface area contributed by atoms with Crippen LogP contribution in [0, 0.1) is 0 Å². The molecule has 0 amide bonds. The van der Waals surface area contributed by atoms with Crippen molar-refractivity contribution in [3.8, 4) is 0 Å². The molecular weight excluding hydrogens is 238 g/mol. The topological polar surface area (TPSA) is 52.3 Å². The lowest BCUT2D eigenvalue weighted by molar-refractivity contribution is -0.157. The maximum Gasteiger partial charge on any atom is 0.323 e. The lowest BCUT2D eigenvalue weighted by Gasteiger charge is -2.26. The van der Waals surface area contributed by atoms with Gasteiger partial charge in [-0.1, -0.05) is 23.7 Å². The van der Waals surface area contributed by atoms with Gasteiger partial charge in [0, 0.05) is 11.4 Å². The summed E-state index contributed by atoms with van der Waals surface area (Å²) >= 11 is 5.90. The van der Waals surface area contributed by atoms with Crippen molar-refractivity contribution in [3.63, 3.8) is 0 Å². The summed E-state index contributed by atoms with van der Waals surface area (Å²) in [6.45, 7) is 5.32. The van der Waals surface area contributed by atoms with E-state index in [1.54, 1.807) is 6.92 Å². The van der Waals surface area contributed by atoms with E-state index >= 15 is 0 Å². The normalized spacial score (nSPS) is 13.2. The Bertz CT molecular complexity index is 402. The summed E-state index contributed by atoms with van der Waals surface area (Å²) in [6, 6.07) is 6.90.